The molecule has 2 atom stereocenters. The quantitative estimate of drug-likeness (QED) is 0.431. The van der Waals surface area contributed by atoms with E-state index in [0.29, 0.717) is 23.5 Å². The Bertz CT molecular complexity index is 1560. The van der Waals surface area contributed by atoms with E-state index in [1.807, 2.05) is 43.7 Å². The lowest BCUT2D eigenvalue weighted by Gasteiger charge is -2.34. The zero-order valence-corrected chi connectivity index (χ0v) is 20.8. The summed E-state index contributed by atoms with van der Waals surface area (Å²) in [6.45, 7) is 4.33. The van der Waals surface area contributed by atoms with Gasteiger partial charge in [-0.05, 0) is 49.6 Å². The molecular formula is C25H25N3O4S2. The van der Waals surface area contributed by atoms with Gasteiger partial charge in [-0.1, -0.05) is 41.7 Å². The third-order valence-corrected chi connectivity index (χ3v) is 8.95. The molecule has 1 aliphatic rings. The highest BCUT2D eigenvalue weighted by Crippen LogP contribution is 2.26. The highest BCUT2D eigenvalue weighted by Gasteiger charge is 2.32. The van der Waals surface area contributed by atoms with Crippen molar-refractivity contribution in [1.82, 2.24) is 8.87 Å². The molecule has 2 unspecified atom stereocenters. The van der Waals surface area contributed by atoms with Crippen molar-refractivity contribution in [2.75, 3.05) is 13.1 Å². The fourth-order valence-electron chi connectivity index (χ4n) is 4.42. The summed E-state index contributed by atoms with van der Waals surface area (Å²) in [6.07, 6.45) is -0.338. The van der Waals surface area contributed by atoms with Gasteiger partial charge in [0.2, 0.25) is 10.0 Å². The summed E-state index contributed by atoms with van der Waals surface area (Å²) < 4.78 is 36.2. The van der Waals surface area contributed by atoms with Gasteiger partial charge in [-0.3, -0.25) is 4.79 Å². The first-order chi connectivity index (χ1) is 16.2. The van der Waals surface area contributed by atoms with Crippen LogP contribution in [0.3, 0.4) is 0 Å². The van der Waals surface area contributed by atoms with Crippen LogP contribution in [-0.2, 0) is 21.8 Å². The van der Waals surface area contributed by atoms with Crippen molar-refractivity contribution < 1.29 is 17.9 Å². The van der Waals surface area contributed by atoms with Crippen molar-refractivity contribution in [2.24, 2.45) is 12.0 Å². The first kappa shape index (κ1) is 22.9. The fraction of sp³-hybridized carbons (Fsp3) is 0.280. The minimum Gasteiger partial charge on any atom is -0.373 e. The number of ether oxygens (including phenoxy) is 1. The standard InChI is InChI=1S/C25H25N3O4S2/c1-16-14-28(15-17(2)32-16)34(30,31)20-11-8-19(9-12-20)24(29)26-25-27(3)23-21-7-5-4-6-18(21)10-13-22(23)33-25/h4-13,16-17H,14-15H2,1-3H3. The Hall–Kier alpha value is -2.85. The minimum atomic E-state index is -3.66. The number of carbonyl (C=O) groups is 1. The lowest BCUT2D eigenvalue weighted by Crippen LogP contribution is -2.48. The molecule has 0 spiro atoms. The molecule has 1 amide bonds. The summed E-state index contributed by atoms with van der Waals surface area (Å²) in [5.41, 5.74) is 1.37. The minimum absolute atomic E-state index is 0.157. The number of fused-ring (bicyclic) bond motifs is 3. The second-order valence-electron chi connectivity index (χ2n) is 8.60. The number of benzene rings is 3. The van der Waals surface area contributed by atoms with Crippen LogP contribution < -0.4 is 4.80 Å². The van der Waals surface area contributed by atoms with Crippen LogP contribution in [0.1, 0.15) is 24.2 Å². The van der Waals surface area contributed by atoms with Gasteiger partial charge >= 0.3 is 0 Å². The molecule has 4 aromatic rings. The molecule has 0 radical (unpaired) electrons. The van der Waals surface area contributed by atoms with E-state index in [4.69, 9.17) is 4.74 Å². The predicted octanol–water partition coefficient (Wildman–Crippen LogP) is 3.93. The van der Waals surface area contributed by atoms with Gasteiger partial charge in [-0.2, -0.15) is 9.30 Å². The van der Waals surface area contributed by atoms with E-state index in [2.05, 4.69) is 23.2 Å². The summed E-state index contributed by atoms with van der Waals surface area (Å²) in [5.74, 6) is -0.413. The third-order valence-electron chi connectivity index (χ3n) is 6.01. The number of aromatic nitrogens is 1. The van der Waals surface area contributed by atoms with Crippen LogP contribution in [-0.4, -0.2) is 48.5 Å². The number of morpholine rings is 1. The molecule has 5 rings (SSSR count). The van der Waals surface area contributed by atoms with E-state index in [9.17, 15) is 13.2 Å². The Morgan fingerprint density at radius 1 is 1.00 bits per heavy atom. The van der Waals surface area contributed by atoms with Crippen molar-refractivity contribution >= 4 is 48.3 Å². The predicted molar refractivity (Wildman–Crippen MR) is 133 cm³/mol. The maximum atomic E-state index is 13.1. The lowest BCUT2D eigenvalue weighted by atomic mass is 10.1. The number of aryl methyl sites for hydroxylation is 1. The zero-order chi connectivity index (χ0) is 24.0. The van der Waals surface area contributed by atoms with Gasteiger partial charge in [0, 0.05) is 31.1 Å². The van der Waals surface area contributed by atoms with E-state index in [1.54, 1.807) is 0 Å². The van der Waals surface area contributed by atoms with E-state index in [0.717, 1.165) is 21.0 Å². The second kappa shape index (κ2) is 8.74. The van der Waals surface area contributed by atoms with Gasteiger partial charge in [0.15, 0.2) is 4.80 Å². The number of sulfonamides is 1. The lowest BCUT2D eigenvalue weighted by molar-refractivity contribution is -0.0440. The van der Waals surface area contributed by atoms with Crippen molar-refractivity contribution in [3.05, 3.63) is 71.0 Å². The molecule has 0 aliphatic carbocycles. The van der Waals surface area contributed by atoms with Gasteiger partial charge in [-0.15, -0.1) is 0 Å². The number of hydrogen-bond donors (Lipinski definition) is 0. The van der Waals surface area contributed by atoms with Crippen LogP contribution in [0.25, 0.3) is 21.0 Å². The summed E-state index contributed by atoms with van der Waals surface area (Å²) in [5, 5.41) is 2.23. The van der Waals surface area contributed by atoms with Crippen LogP contribution in [0, 0.1) is 0 Å². The summed E-state index contributed by atoms with van der Waals surface area (Å²) in [6, 6.07) is 18.2. The van der Waals surface area contributed by atoms with Crippen LogP contribution in [0.2, 0.25) is 0 Å². The van der Waals surface area contributed by atoms with Crippen molar-refractivity contribution in [3.63, 3.8) is 0 Å². The van der Waals surface area contributed by atoms with E-state index in [-0.39, 0.29) is 17.1 Å². The number of carbonyl (C=O) groups excluding carboxylic acids is 1. The largest absolute Gasteiger partial charge is 0.373 e. The molecule has 9 heteroatoms. The maximum Gasteiger partial charge on any atom is 0.279 e. The van der Waals surface area contributed by atoms with Gasteiger partial charge in [-0.25, -0.2) is 8.42 Å². The van der Waals surface area contributed by atoms with Gasteiger partial charge in [0.05, 0.1) is 27.3 Å². The molecule has 7 nitrogen and oxygen atoms in total. The molecular weight excluding hydrogens is 470 g/mol. The second-order valence-corrected chi connectivity index (χ2v) is 11.5. The normalized spacial score (nSPS) is 20.3. The van der Waals surface area contributed by atoms with E-state index >= 15 is 0 Å². The van der Waals surface area contributed by atoms with Crippen LogP contribution in [0.15, 0.2) is 70.6 Å². The number of nitrogens with zero attached hydrogens (tertiary/aromatic N) is 3. The highest BCUT2D eigenvalue weighted by molar-refractivity contribution is 7.89. The molecule has 1 aliphatic heterocycles. The molecule has 0 bridgehead atoms. The number of amides is 1. The molecule has 1 aromatic heterocycles. The topological polar surface area (TPSA) is 81.0 Å². The van der Waals surface area contributed by atoms with Crippen molar-refractivity contribution in [3.8, 4) is 0 Å². The molecule has 0 saturated carbocycles. The van der Waals surface area contributed by atoms with Crippen LogP contribution in [0.5, 0.6) is 0 Å². The molecule has 1 fully saturated rings. The first-order valence-electron chi connectivity index (χ1n) is 11.1. The number of rotatable bonds is 3. The molecule has 2 heterocycles. The summed E-state index contributed by atoms with van der Waals surface area (Å²) >= 11 is 1.45. The van der Waals surface area contributed by atoms with Crippen molar-refractivity contribution in [2.45, 2.75) is 31.0 Å². The van der Waals surface area contributed by atoms with E-state index in [1.165, 1.54) is 39.9 Å². The highest BCUT2D eigenvalue weighted by atomic mass is 32.2. The maximum absolute atomic E-state index is 13.1. The Balaban J connectivity index is 1.45. The Kier molecular flexibility index (Phi) is 5.89. The molecule has 34 heavy (non-hydrogen) atoms. The molecule has 176 valence electrons. The van der Waals surface area contributed by atoms with Gasteiger partial charge in [0.25, 0.3) is 5.91 Å². The average molecular weight is 496 g/mol. The number of thiazole rings is 1. The van der Waals surface area contributed by atoms with Gasteiger partial charge < -0.3 is 9.30 Å². The third kappa shape index (κ3) is 4.09. The molecule has 3 aromatic carbocycles. The van der Waals surface area contributed by atoms with Crippen LogP contribution >= 0.6 is 11.3 Å². The zero-order valence-electron chi connectivity index (χ0n) is 19.1. The van der Waals surface area contributed by atoms with Gasteiger partial charge in [0.1, 0.15) is 0 Å². The van der Waals surface area contributed by atoms with E-state index < -0.39 is 15.9 Å². The molecule has 1 saturated heterocycles. The number of hydrogen-bond acceptors (Lipinski definition) is 5. The first-order valence-corrected chi connectivity index (χ1v) is 13.3. The SMILES string of the molecule is CC1CN(S(=O)(=O)c2ccc(C(=O)N=c3sc4ccc5ccccc5c4n3C)cc2)CC(C)O1. The monoisotopic (exact) mass is 495 g/mol. The average Bonchev–Trinajstić information content (AvgIpc) is 3.14. The summed E-state index contributed by atoms with van der Waals surface area (Å²) in [4.78, 5) is 18.0. The Morgan fingerprint density at radius 2 is 1.68 bits per heavy atom. The Labute approximate surface area is 202 Å². The Morgan fingerprint density at radius 3 is 2.38 bits per heavy atom. The smallest absolute Gasteiger partial charge is 0.279 e. The molecule has 0 N–H and O–H groups in total. The van der Waals surface area contributed by atoms with Crippen molar-refractivity contribution in [1.29, 1.82) is 0 Å². The summed E-state index contributed by atoms with van der Waals surface area (Å²) in [7, 11) is -1.76. The fourth-order valence-corrected chi connectivity index (χ4v) is 7.04. The van der Waals surface area contributed by atoms with Crippen LogP contribution in [0.4, 0.5) is 0 Å².